The topological polar surface area (TPSA) is 65.8 Å². The van der Waals surface area contributed by atoms with E-state index in [9.17, 15) is 9.59 Å². The number of carbonyl (C=O) groups excluding carboxylic acids is 2. The van der Waals surface area contributed by atoms with Crippen LogP contribution < -0.4 is 5.32 Å². The smallest absolute Gasteiger partial charge is 0.317 e. The highest BCUT2D eigenvalue weighted by Crippen LogP contribution is 2.09. The standard InChI is InChI=1S/C15H21N3O3/c1-3-16-15(20)18-10-8-17(9-11-18)14(19)7-6-13-5-4-12(2)21-13/h4-7H,3,8-11H2,1-2H3,(H,16,20)/b7-6+. The molecule has 2 rings (SSSR count). The van der Waals surface area contributed by atoms with Crippen molar-refractivity contribution in [1.82, 2.24) is 15.1 Å². The highest BCUT2D eigenvalue weighted by atomic mass is 16.3. The van der Waals surface area contributed by atoms with Gasteiger partial charge in [-0.3, -0.25) is 4.79 Å². The Labute approximate surface area is 124 Å². The van der Waals surface area contributed by atoms with Crippen molar-refractivity contribution in [2.75, 3.05) is 32.7 Å². The monoisotopic (exact) mass is 291 g/mol. The molecule has 114 valence electrons. The molecule has 1 aliphatic heterocycles. The summed E-state index contributed by atoms with van der Waals surface area (Å²) in [6, 6.07) is 3.62. The predicted molar refractivity (Wildman–Crippen MR) is 79.7 cm³/mol. The second kappa shape index (κ2) is 6.97. The molecule has 1 aromatic heterocycles. The van der Waals surface area contributed by atoms with E-state index in [1.54, 1.807) is 15.9 Å². The summed E-state index contributed by atoms with van der Waals surface area (Å²) in [4.78, 5) is 27.2. The van der Waals surface area contributed by atoms with E-state index in [-0.39, 0.29) is 11.9 Å². The fraction of sp³-hybridized carbons (Fsp3) is 0.467. The number of hydrogen-bond acceptors (Lipinski definition) is 3. The molecule has 6 heteroatoms. The van der Waals surface area contributed by atoms with Gasteiger partial charge in [-0.25, -0.2) is 4.79 Å². The molecule has 0 aromatic carbocycles. The van der Waals surface area contributed by atoms with Gasteiger partial charge in [0.05, 0.1) is 0 Å². The minimum Gasteiger partial charge on any atom is -0.462 e. The van der Waals surface area contributed by atoms with E-state index in [0.29, 0.717) is 38.5 Å². The molecule has 6 nitrogen and oxygen atoms in total. The van der Waals surface area contributed by atoms with Crippen LogP contribution in [0.5, 0.6) is 0 Å². The molecule has 1 aromatic rings. The summed E-state index contributed by atoms with van der Waals surface area (Å²) in [6.07, 6.45) is 3.19. The first-order chi connectivity index (χ1) is 10.1. The number of nitrogens with zero attached hydrogens (tertiary/aromatic N) is 2. The van der Waals surface area contributed by atoms with Crippen molar-refractivity contribution in [3.8, 4) is 0 Å². The van der Waals surface area contributed by atoms with Gasteiger partial charge in [-0.15, -0.1) is 0 Å². The SMILES string of the molecule is CCNC(=O)N1CCN(C(=O)/C=C/c2ccc(C)o2)CC1. The Morgan fingerprint density at radius 1 is 1.24 bits per heavy atom. The number of aryl methyl sites for hydroxylation is 1. The third-order valence-electron chi connectivity index (χ3n) is 3.36. The third-order valence-corrected chi connectivity index (χ3v) is 3.36. The van der Waals surface area contributed by atoms with Gasteiger partial charge < -0.3 is 19.5 Å². The van der Waals surface area contributed by atoms with Gasteiger partial charge in [0.15, 0.2) is 0 Å². The average Bonchev–Trinajstić information content (AvgIpc) is 2.91. The summed E-state index contributed by atoms with van der Waals surface area (Å²) in [5, 5.41) is 2.77. The van der Waals surface area contributed by atoms with Crippen LogP contribution in [-0.4, -0.2) is 54.5 Å². The minimum atomic E-state index is -0.0637. The Hall–Kier alpha value is -2.24. The molecule has 0 aliphatic carbocycles. The lowest BCUT2D eigenvalue weighted by Crippen LogP contribution is -2.52. The van der Waals surface area contributed by atoms with Gasteiger partial charge in [0.1, 0.15) is 11.5 Å². The number of nitrogens with one attached hydrogen (secondary N) is 1. The highest BCUT2D eigenvalue weighted by Gasteiger charge is 2.22. The normalized spacial score (nSPS) is 15.5. The van der Waals surface area contributed by atoms with Gasteiger partial charge in [-0.05, 0) is 32.1 Å². The molecule has 1 aliphatic rings. The molecule has 0 spiro atoms. The summed E-state index contributed by atoms with van der Waals surface area (Å²) in [6.45, 7) is 6.59. The minimum absolute atomic E-state index is 0.0559. The molecule has 0 saturated carbocycles. The van der Waals surface area contributed by atoms with Crippen LogP contribution in [0.15, 0.2) is 22.6 Å². The van der Waals surface area contributed by atoms with Gasteiger partial charge >= 0.3 is 6.03 Å². The van der Waals surface area contributed by atoms with Gasteiger partial charge in [-0.1, -0.05) is 0 Å². The Morgan fingerprint density at radius 2 is 1.90 bits per heavy atom. The van der Waals surface area contributed by atoms with Gasteiger partial charge in [0.25, 0.3) is 0 Å². The molecule has 21 heavy (non-hydrogen) atoms. The van der Waals surface area contributed by atoms with Crippen molar-refractivity contribution >= 4 is 18.0 Å². The lowest BCUT2D eigenvalue weighted by Gasteiger charge is -2.34. The second-order valence-corrected chi connectivity index (χ2v) is 4.93. The van der Waals surface area contributed by atoms with Crippen molar-refractivity contribution in [3.63, 3.8) is 0 Å². The maximum absolute atomic E-state index is 12.1. The van der Waals surface area contributed by atoms with Crippen molar-refractivity contribution in [2.24, 2.45) is 0 Å². The number of rotatable bonds is 3. The Morgan fingerprint density at radius 3 is 2.48 bits per heavy atom. The maximum atomic E-state index is 12.1. The van der Waals surface area contributed by atoms with Crippen molar-refractivity contribution < 1.29 is 14.0 Å². The van der Waals surface area contributed by atoms with E-state index >= 15 is 0 Å². The predicted octanol–water partition coefficient (Wildman–Crippen LogP) is 1.47. The fourth-order valence-corrected chi connectivity index (χ4v) is 2.19. The average molecular weight is 291 g/mol. The Balaban J connectivity index is 1.83. The van der Waals surface area contributed by atoms with Gasteiger partial charge in [0, 0.05) is 38.8 Å². The van der Waals surface area contributed by atoms with Crippen LogP contribution in [0, 0.1) is 6.92 Å². The largest absolute Gasteiger partial charge is 0.462 e. The summed E-state index contributed by atoms with van der Waals surface area (Å²) in [5.74, 6) is 1.43. The number of urea groups is 1. The number of furan rings is 1. The van der Waals surface area contributed by atoms with Crippen molar-refractivity contribution in [2.45, 2.75) is 13.8 Å². The molecule has 0 radical (unpaired) electrons. The Bertz CT molecular complexity index is 528. The number of hydrogen-bond donors (Lipinski definition) is 1. The quantitative estimate of drug-likeness (QED) is 0.858. The molecule has 0 bridgehead atoms. The maximum Gasteiger partial charge on any atom is 0.317 e. The number of piperazine rings is 1. The molecule has 3 amide bonds. The summed E-state index contributed by atoms with van der Waals surface area (Å²) in [5.41, 5.74) is 0. The molecule has 0 unspecified atom stereocenters. The molecule has 0 atom stereocenters. The molecule has 1 N–H and O–H groups in total. The van der Waals surface area contributed by atoms with Crippen LogP contribution in [0.3, 0.4) is 0 Å². The van der Waals surface area contributed by atoms with Crippen LogP contribution in [0.25, 0.3) is 6.08 Å². The molecule has 1 saturated heterocycles. The first kappa shape index (κ1) is 15.2. The summed E-state index contributed by atoms with van der Waals surface area (Å²) in [7, 11) is 0. The first-order valence-electron chi connectivity index (χ1n) is 7.16. The van der Waals surface area contributed by atoms with Crippen molar-refractivity contribution in [1.29, 1.82) is 0 Å². The van der Waals surface area contributed by atoms with Gasteiger partial charge in [-0.2, -0.15) is 0 Å². The first-order valence-corrected chi connectivity index (χ1v) is 7.16. The lowest BCUT2D eigenvalue weighted by molar-refractivity contribution is -0.127. The van der Waals surface area contributed by atoms with Crippen LogP contribution in [0.1, 0.15) is 18.4 Å². The fourth-order valence-electron chi connectivity index (χ4n) is 2.19. The number of amides is 3. The Kier molecular flexibility index (Phi) is 5.03. The highest BCUT2D eigenvalue weighted by molar-refractivity contribution is 5.91. The zero-order valence-corrected chi connectivity index (χ0v) is 12.5. The summed E-state index contributed by atoms with van der Waals surface area (Å²) >= 11 is 0. The van der Waals surface area contributed by atoms with Crippen LogP contribution in [-0.2, 0) is 4.79 Å². The van der Waals surface area contributed by atoms with Crippen LogP contribution in [0.4, 0.5) is 4.79 Å². The van der Waals surface area contributed by atoms with Crippen LogP contribution >= 0.6 is 0 Å². The molecular weight excluding hydrogens is 270 g/mol. The van der Waals surface area contributed by atoms with Crippen LogP contribution in [0.2, 0.25) is 0 Å². The van der Waals surface area contributed by atoms with E-state index in [1.165, 1.54) is 6.08 Å². The van der Waals surface area contributed by atoms with Gasteiger partial charge in [0.2, 0.25) is 5.91 Å². The molecule has 1 fully saturated rings. The molecular formula is C15H21N3O3. The third kappa shape index (κ3) is 4.11. The van der Waals surface area contributed by atoms with Crippen molar-refractivity contribution in [3.05, 3.63) is 29.7 Å². The zero-order chi connectivity index (χ0) is 15.2. The molecule has 2 heterocycles. The summed E-state index contributed by atoms with van der Waals surface area (Å²) < 4.78 is 5.38. The van der Waals surface area contributed by atoms with E-state index < -0.39 is 0 Å². The zero-order valence-electron chi connectivity index (χ0n) is 12.5. The number of carbonyl (C=O) groups is 2. The van der Waals surface area contributed by atoms with E-state index in [4.69, 9.17) is 4.42 Å². The lowest BCUT2D eigenvalue weighted by atomic mass is 10.3. The second-order valence-electron chi connectivity index (χ2n) is 4.93. The van der Waals surface area contributed by atoms with E-state index in [2.05, 4.69) is 5.32 Å². The van der Waals surface area contributed by atoms with E-state index in [1.807, 2.05) is 26.0 Å². The van der Waals surface area contributed by atoms with E-state index in [0.717, 1.165) is 5.76 Å².